The van der Waals surface area contributed by atoms with E-state index >= 15 is 0 Å². The third kappa shape index (κ3) is 5.82. The van der Waals surface area contributed by atoms with E-state index in [0.29, 0.717) is 10.6 Å². The second-order valence-electron chi connectivity index (χ2n) is 10.1. The Morgan fingerprint density at radius 1 is 1.00 bits per heavy atom. The Hall–Kier alpha value is -1.92. The lowest BCUT2D eigenvalue weighted by Gasteiger charge is -2.44. The van der Waals surface area contributed by atoms with Crippen molar-refractivity contribution in [2.45, 2.75) is 77.6 Å². The number of aliphatic hydroxyl groups is 1. The molecular formula is C23H31ClO6. The lowest BCUT2D eigenvalue weighted by atomic mass is 9.61. The fraction of sp³-hybridized carbons (Fsp3) is 0.609. The number of ether oxygens (including phenoxy) is 2. The molecule has 4 atom stereocenters. The van der Waals surface area contributed by atoms with Crippen molar-refractivity contribution in [3.63, 3.8) is 0 Å². The first kappa shape index (κ1) is 24.4. The van der Waals surface area contributed by atoms with E-state index in [1.165, 1.54) is 6.92 Å². The van der Waals surface area contributed by atoms with E-state index in [2.05, 4.69) is 0 Å². The van der Waals surface area contributed by atoms with Crippen LogP contribution in [0.15, 0.2) is 24.3 Å². The molecule has 1 fully saturated rings. The summed E-state index contributed by atoms with van der Waals surface area (Å²) in [5.74, 6) is -5.22. The molecule has 1 aliphatic rings. The molecule has 0 amide bonds. The van der Waals surface area contributed by atoms with Crippen molar-refractivity contribution in [2.75, 3.05) is 0 Å². The first-order valence-electron chi connectivity index (χ1n) is 9.98. The molecule has 2 rings (SSSR count). The number of Topliss-reactive ketones (excluding diaryl/α,β-unsaturated/α-hetero) is 1. The zero-order valence-corrected chi connectivity index (χ0v) is 19.4. The van der Waals surface area contributed by atoms with Gasteiger partial charge in [-0.2, -0.15) is 0 Å². The number of hydrogen-bond acceptors (Lipinski definition) is 6. The lowest BCUT2D eigenvalue weighted by Crippen LogP contribution is -2.56. The van der Waals surface area contributed by atoms with Crippen LogP contribution < -0.4 is 0 Å². The fourth-order valence-electron chi connectivity index (χ4n) is 3.83. The average Bonchev–Trinajstić information content (AvgIpc) is 2.50. The van der Waals surface area contributed by atoms with E-state index in [1.807, 2.05) is 0 Å². The summed E-state index contributed by atoms with van der Waals surface area (Å²) < 4.78 is 11.1. The summed E-state index contributed by atoms with van der Waals surface area (Å²) in [7, 11) is 0. The van der Waals surface area contributed by atoms with Gasteiger partial charge in [0.1, 0.15) is 17.1 Å². The molecule has 0 unspecified atom stereocenters. The third-order valence-electron chi connectivity index (χ3n) is 4.84. The number of carbonyl (C=O) groups is 3. The molecule has 166 valence electrons. The molecule has 0 heterocycles. The Kier molecular flexibility index (Phi) is 6.74. The monoisotopic (exact) mass is 438 g/mol. The zero-order chi connectivity index (χ0) is 23.1. The van der Waals surface area contributed by atoms with Crippen molar-refractivity contribution in [3.8, 4) is 0 Å². The van der Waals surface area contributed by atoms with Gasteiger partial charge in [0.05, 0.1) is 11.5 Å². The molecule has 7 heteroatoms. The maximum absolute atomic E-state index is 13.2. The van der Waals surface area contributed by atoms with Crippen LogP contribution in [0.1, 0.15) is 66.4 Å². The summed E-state index contributed by atoms with van der Waals surface area (Å²) >= 11 is 6.01. The quantitative estimate of drug-likeness (QED) is 0.565. The van der Waals surface area contributed by atoms with Crippen molar-refractivity contribution in [2.24, 2.45) is 11.8 Å². The van der Waals surface area contributed by atoms with Gasteiger partial charge in [-0.15, -0.1) is 0 Å². The average molecular weight is 439 g/mol. The minimum Gasteiger partial charge on any atom is -0.460 e. The highest BCUT2D eigenvalue weighted by atomic mass is 35.5. The number of esters is 2. The van der Waals surface area contributed by atoms with Crippen LogP contribution in [-0.4, -0.2) is 39.6 Å². The fourth-order valence-corrected chi connectivity index (χ4v) is 3.96. The number of hydrogen-bond donors (Lipinski definition) is 1. The van der Waals surface area contributed by atoms with Gasteiger partial charge in [0.15, 0.2) is 5.78 Å². The second kappa shape index (κ2) is 8.31. The highest BCUT2D eigenvalue weighted by molar-refractivity contribution is 6.30. The molecular weight excluding hydrogens is 408 g/mol. The molecule has 0 radical (unpaired) electrons. The summed E-state index contributed by atoms with van der Waals surface area (Å²) in [6.07, 6.45) is -0.356. The lowest BCUT2D eigenvalue weighted by molar-refractivity contribution is -0.182. The second-order valence-corrected chi connectivity index (χ2v) is 10.5. The number of ketones is 1. The SMILES string of the molecule is CC(C)(C)OC(=O)[C@@H]1C(=O)C[C@](C)(O)[C@@H](C(=O)OC(C)(C)C)[C@@H]1c1ccc(Cl)cc1. The van der Waals surface area contributed by atoms with Gasteiger partial charge >= 0.3 is 11.9 Å². The van der Waals surface area contributed by atoms with Crippen molar-refractivity contribution >= 4 is 29.3 Å². The van der Waals surface area contributed by atoms with Crippen molar-refractivity contribution in [3.05, 3.63) is 34.9 Å². The molecule has 0 spiro atoms. The molecule has 0 saturated heterocycles. The summed E-state index contributed by atoms with van der Waals surface area (Å²) in [4.78, 5) is 39.2. The minimum absolute atomic E-state index is 0.356. The van der Waals surface area contributed by atoms with E-state index < -0.39 is 52.3 Å². The van der Waals surface area contributed by atoms with Gasteiger partial charge in [-0.1, -0.05) is 23.7 Å². The van der Waals surface area contributed by atoms with E-state index in [4.69, 9.17) is 21.1 Å². The summed E-state index contributed by atoms with van der Waals surface area (Å²) in [5, 5.41) is 11.6. The van der Waals surface area contributed by atoms with Gasteiger partial charge in [-0.05, 0) is 66.2 Å². The predicted octanol–water partition coefficient (Wildman–Crippen LogP) is 4.06. The van der Waals surface area contributed by atoms with Crippen LogP contribution in [0, 0.1) is 11.8 Å². The first-order chi connectivity index (χ1) is 13.5. The van der Waals surface area contributed by atoms with E-state index in [1.54, 1.807) is 65.8 Å². The minimum atomic E-state index is -1.69. The number of rotatable bonds is 3. The Balaban J connectivity index is 2.62. The summed E-state index contributed by atoms with van der Waals surface area (Å²) in [6.45, 7) is 11.7. The van der Waals surface area contributed by atoms with Crippen LogP contribution in [0.2, 0.25) is 5.02 Å². The normalized spacial score (nSPS) is 27.5. The molecule has 6 nitrogen and oxygen atoms in total. The van der Waals surface area contributed by atoms with Crippen molar-refractivity contribution < 1.29 is 29.0 Å². The van der Waals surface area contributed by atoms with Crippen LogP contribution in [0.3, 0.4) is 0 Å². The highest BCUT2D eigenvalue weighted by Gasteiger charge is 2.57. The van der Waals surface area contributed by atoms with Crippen LogP contribution in [-0.2, 0) is 23.9 Å². The molecule has 1 N–H and O–H groups in total. The van der Waals surface area contributed by atoms with Gasteiger partial charge in [0, 0.05) is 17.4 Å². The van der Waals surface area contributed by atoms with Gasteiger partial charge in [0.25, 0.3) is 0 Å². The molecule has 1 aromatic carbocycles. The van der Waals surface area contributed by atoms with Crippen molar-refractivity contribution in [1.29, 1.82) is 0 Å². The van der Waals surface area contributed by atoms with Gasteiger partial charge in [-0.3, -0.25) is 14.4 Å². The molecule has 0 bridgehead atoms. The van der Waals surface area contributed by atoms with Gasteiger partial charge in [-0.25, -0.2) is 0 Å². The van der Waals surface area contributed by atoms with Gasteiger partial charge in [0.2, 0.25) is 0 Å². The smallest absolute Gasteiger partial charge is 0.317 e. The Labute approximate surface area is 182 Å². The van der Waals surface area contributed by atoms with Crippen molar-refractivity contribution in [1.82, 2.24) is 0 Å². The number of benzene rings is 1. The standard InChI is InChI=1S/C23H31ClO6/c1-21(2,3)29-19(26)17-15(25)12-23(7,28)18(20(27)30-22(4,5)6)16(17)13-8-10-14(24)11-9-13/h8-11,16-18,28H,12H2,1-7H3/t16-,17-,18-,23+/m1/s1. The largest absolute Gasteiger partial charge is 0.460 e. The first-order valence-corrected chi connectivity index (χ1v) is 10.4. The summed E-state index contributed by atoms with van der Waals surface area (Å²) in [6, 6.07) is 6.53. The molecule has 30 heavy (non-hydrogen) atoms. The Bertz CT molecular complexity index is 814. The zero-order valence-electron chi connectivity index (χ0n) is 18.6. The Morgan fingerprint density at radius 3 is 1.93 bits per heavy atom. The predicted molar refractivity (Wildman–Crippen MR) is 113 cm³/mol. The third-order valence-corrected chi connectivity index (χ3v) is 5.10. The number of carbonyl (C=O) groups excluding carboxylic acids is 3. The molecule has 1 aliphatic carbocycles. The molecule has 1 saturated carbocycles. The molecule has 0 aliphatic heterocycles. The maximum Gasteiger partial charge on any atom is 0.317 e. The van der Waals surface area contributed by atoms with E-state index in [9.17, 15) is 19.5 Å². The maximum atomic E-state index is 13.2. The molecule has 1 aromatic rings. The van der Waals surface area contributed by atoms with Gasteiger partial charge < -0.3 is 14.6 Å². The molecule has 0 aromatic heterocycles. The van der Waals surface area contributed by atoms with E-state index in [0.717, 1.165) is 0 Å². The van der Waals surface area contributed by atoms with E-state index in [-0.39, 0.29) is 6.42 Å². The number of halogens is 1. The highest BCUT2D eigenvalue weighted by Crippen LogP contribution is 2.47. The van der Waals surface area contributed by atoms with Crippen LogP contribution in [0.25, 0.3) is 0 Å². The van der Waals surface area contributed by atoms with Crippen LogP contribution in [0.5, 0.6) is 0 Å². The topological polar surface area (TPSA) is 89.9 Å². The summed E-state index contributed by atoms with van der Waals surface area (Å²) in [5.41, 5.74) is -2.79. The van der Waals surface area contributed by atoms with Crippen LogP contribution >= 0.6 is 11.6 Å². The van der Waals surface area contributed by atoms with Crippen LogP contribution in [0.4, 0.5) is 0 Å². The Morgan fingerprint density at radius 2 is 1.47 bits per heavy atom.